The molecular weight excluding hydrogens is 282 g/mol. The SMILES string of the molecule is COc1ccc2c(c1)N(C(=O)Cl)c1ccccc1S2. The molecule has 0 radical (unpaired) electrons. The van der Waals surface area contributed by atoms with Gasteiger partial charge in [-0.05, 0) is 35.9 Å². The lowest BCUT2D eigenvalue weighted by molar-refractivity contribution is 0.266. The van der Waals surface area contributed by atoms with Crippen LogP contribution >= 0.6 is 23.4 Å². The summed E-state index contributed by atoms with van der Waals surface area (Å²) < 4.78 is 5.21. The van der Waals surface area contributed by atoms with Gasteiger partial charge in [-0.1, -0.05) is 23.9 Å². The molecule has 0 atom stereocenters. The fourth-order valence-corrected chi connectivity index (χ4v) is 3.27. The lowest BCUT2D eigenvalue weighted by Gasteiger charge is -2.29. The zero-order valence-corrected chi connectivity index (χ0v) is 11.7. The Labute approximate surface area is 120 Å². The fourth-order valence-electron chi connectivity index (χ4n) is 2.05. The van der Waals surface area contributed by atoms with Crippen molar-refractivity contribution in [3.63, 3.8) is 0 Å². The summed E-state index contributed by atoms with van der Waals surface area (Å²) in [6.07, 6.45) is 0. The van der Waals surface area contributed by atoms with E-state index in [1.807, 2.05) is 42.5 Å². The third-order valence-electron chi connectivity index (χ3n) is 2.91. The van der Waals surface area contributed by atoms with Crippen molar-refractivity contribution in [2.45, 2.75) is 9.79 Å². The number of amides is 1. The van der Waals surface area contributed by atoms with Gasteiger partial charge in [-0.15, -0.1) is 0 Å². The molecule has 0 spiro atoms. The topological polar surface area (TPSA) is 29.5 Å². The van der Waals surface area contributed by atoms with Gasteiger partial charge in [0.2, 0.25) is 0 Å². The molecule has 1 amide bonds. The van der Waals surface area contributed by atoms with E-state index >= 15 is 0 Å². The lowest BCUT2D eigenvalue weighted by Crippen LogP contribution is -2.22. The van der Waals surface area contributed by atoms with Crippen LogP contribution in [0, 0.1) is 0 Å². The van der Waals surface area contributed by atoms with Crippen LogP contribution in [-0.2, 0) is 0 Å². The Bertz CT molecular complexity index is 660. The average molecular weight is 292 g/mol. The van der Waals surface area contributed by atoms with E-state index in [9.17, 15) is 4.79 Å². The number of para-hydroxylation sites is 1. The first-order valence-electron chi connectivity index (χ1n) is 5.65. The molecule has 3 rings (SSSR count). The van der Waals surface area contributed by atoms with Gasteiger partial charge in [0.1, 0.15) is 5.75 Å². The van der Waals surface area contributed by atoms with E-state index in [4.69, 9.17) is 16.3 Å². The Morgan fingerprint density at radius 3 is 2.63 bits per heavy atom. The largest absolute Gasteiger partial charge is 0.497 e. The van der Waals surface area contributed by atoms with Gasteiger partial charge in [-0.3, -0.25) is 9.69 Å². The molecule has 0 aliphatic carbocycles. The molecule has 0 unspecified atom stereocenters. The molecule has 19 heavy (non-hydrogen) atoms. The molecule has 1 aliphatic rings. The number of carbonyl (C=O) groups excluding carboxylic acids is 1. The second-order valence-electron chi connectivity index (χ2n) is 3.99. The Balaban J connectivity index is 2.21. The number of fused-ring (bicyclic) bond motifs is 2. The zero-order chi connectivity index (χ0) is 13.4. The van der Waals surface area contributed by atoms with Gasteiger partial charge >= 0.3 is 5.37 Å². The molecule has 1 aliphatic heterocycles. The van der Waals surface area contributed by atoms with Crippen molar-refractivity contribution in [3.8, 4) is 5.75 Å². The molecule has 96 valence electrons. The van der Waals surface area contributed by atoms with E-state index in [2.05, 4.69) is 0 Å². The summed E-state index contributed by atoms with van der Waals surface area (Å²) in [6.45, 7) is 0. The number of methoxy groups -OCH3 is 1. The maximum Gasteiger partial charge on any atom is 0.325 e. The molecule has 0 N–H and O–H groups in total. The Kier molecular flexibility index (Phi) is 3.12. The van der Waals surface area contributed by atoms with Gasteiger partial charge in [0, 0.05) is 15.9 Å². The van der Waals surface area contributed by atoms with Gasteiger partial charge in [0.05, 0.1) is 18.5 Å². The lowest BCUT2D eigenvalue weighted by atomic mass is 10.2. The third-order valence-corrected chi connectivity index (χ3v) is 4.21. The van der Waals surface area contributed by atoms with Crippen LogP contribution in [0.2, 0.25) is 0 Å². The summed E-state index contributed by atoms with van der Waals surface area (Å²) in [5, 5.41) is -0.526. The van der Waals surface area contributed by atoms with E-state index < -0.39 is 5.37 Å². The van der Waals surface area contributed by atoms with E-state index in [1.165, 1.54) is 4.90 Å². The van der Waals surface area contributed by atoms with Gasteiger partial charge < -0.3 is 4.74 Å². The van der Waals surface area contributed by atoms with Crippen LogP contribution in [0.25, 0.3) is 0 Å². The van der Waals surface area contributed by atoms with Crippen molar-refractivity contribution in [2.24, 2.45) is 0 Å². The maximum atomic E-state index is 11.8. The Morgan fingerprint density at radius 1 is 1.16 bits per heavy atom. The highest BCUT2D eigenvalue weighted by Crippen LogP contribution is 2.49. The number of benzene rings is 2. The van der Waals surface area contributed by atoms with Crippen molar-refractivity contribution in [1.29, 1.82) is 0 Å². The molecule has 0 fully saturated rings. The van der Waals surface area contributed by atoms with E-state index in [0.29, 0.717) is 5.75 Å². The van der Waals surface area contributed by atoms with Gasteiger partial charge in [0.15, 0.2) is 0 Å². The van der Waals surface area contributed by atoms with Crippen LogP contribution in [0.1, 0.15) is 0 Å². The van der Waals surface area contributed by atoms with Gasteiger partial charge in [0.25, 0.3) is 0 Å². The van der Waals surface area contributed by atoms with Crippen LogP contribution in [0.3, 0.4) is 0 Å². The molecule has 0 saturated heterocycles. The summed E-state index contributed by atoms with van der Waals surface area (Å²) in [5.74, 6) is 0.696. The fraction of sp³-hybridized carbons (Fsp3) is 0.0714. The minimum atomic E-state index is -0.526. The maximum absolute atomic E-state index is 11.8. The normalized spacial score (nSPS) is 12.6. The number of carbonyl (C=O) groups is 1. The number of hydrogen-bond acceptors (Lipinski definition) is 3. The summed E-state index contributed by atoms with van der Waals surface area (Å²) in [7, 11) is 1.60. The molecule has 2 aromatic carbocycles. The average Bonchev–Trinajstić information content (AvgIpc) is 2.43. The minimum absolute atomic E-state index is 0.526. The summed E-state index contributed by atoms with van der Waals surface area (Å²) >= 11 is 7.36. The number of halogens is 1. The smallest absolute Gasteiger partial charge is 0.325 e. The highest BCUT2D eigenvalue weighted by Gasteiger charge is 2.27. The highest BCUT2D eigenvalue weighted by molar-refractivity contribution is 7.99. The van der Waals surface area contributed by atoms with E-state index in [-0.39, 0.29) is 0 Å². The van der Waals surface area contributed by atoms with Crippen molar-refractivity contribution in [2.75, 3.05) is 12.0 Å². The second-order valence-corrected chi connectivity index (χ2v) is 5.40. The van der Waals surface area contributed by atoms with Crippen LogP contribution in [0.4, 0.5) is 16.2 Å². The minimum Gasteiger partial charge on any atom is -0.497 e. The predicted octanol–water partition coefficient (Wildman–Crippen LogP) is 4.66. The number of rotatable bonds is 1. The first-order chi connectivity index (χ1) is 9.20. The summed E-state index contributed by atoms with van der Waals surface area (Å²) in [4.78, 5) is 15.3. The number of ether oxygens (including phenoxy) is 1. The van der Waals surface area contributed by atoms with E-state index in [0.717, 1.165) is 21.2 Å². The third kappa shape index (κ3) is 2.07. The Morgan fingerprint density at radius 2 is 1.89 bits per heavy atom. The molecule has 5 heteroatoms. The molecule has 0 bridgehead atoms. The van der Waals surface area contributed by atoms with Crippen LogP contribution in [0.15, 0.2) is 52.3 Å². The second kappa shape index (κ2) is 4.79. The van der Waals surface area contributed by atoms with Crippen LogP contribution in [-0.4, -0.2) is 12.5 Å². The monoisotopic (exact) mass is 291 g/mol. The van der Waals surface area contributed by atoms with Crippen LogP contribution < -0.4 is 9.64 Å². The molecule has 3 nitrogen and oxygen atoms in total. The quantitative estimate of drug-likeness (QED) is 0.565. The van der Waals surface area contributed by atoms with E-state index in [1.54, 1.807) is 18.9 Å². The molecular formula is C14H10ClNO2S. The first-order valence-corrected chi connectivity index (χ1v) is 6.84. The number of hydrogen-bond donors (Lipinski definition) is 0. The van der Waals surface area contributed by atoms with Crippen molar-refractivity contribution in [1.82, 2.24) is 0 Å². The number of anilines is 2. The molecule has 0 saturated carbocycles. The predicted molar refractivity (Wildman–Crippen MR) is 76.9 cm³/mol. The van der Waals surface area contributed by atoms with Gasteiger partial charge in [-0.2, -0.15) is 0 Å². The highest BCUT2D eigenvalue weighted by atomic mass is 35.5. The Hall–Kier alpha value is -1.65. The molecule has 0 aromatic heterocycles. The summed E-state index contributed by atoms with van der Waals surface area (Å²) in [5.41, 5.74) is 1.55. The van der Waals surface area contributed by atoms with Gasteiger partial charge in [-0.25, -0.2) is 0 Å². The standard InChI is InChI=1S/C14H10ClNO2S/c1-18-9-6-7-13-11(8-9)16(14(15)17)10-4-2-3-5-12(10)19-13/h2-8H,1H3. The molecule has 2 aromatic rings. The van der Waals surface area contributed by atoms with Crippen molar-refractivity contribution < 1.29 is 9.53 Å². The van der Waals surface area contributed by atoms with Crippen molar-refractivity contribution in [3.05, 3.63) is 42.5 Å². The number of nitrogens with zero attached hydrogens (tertiary/aromatic N) is 1. The van der Waals surface area contributed by atoms with Crippen molar-refractivity contribution >= 4 is 40.1 Å². The summed E-state index contributed by atoms with van der Waals surface area (Å²) in [6, 6.07) is 13.3. The zero-order valence-electron chi connectivity index (χ0n) is 10.1. The first kappa shape index (κ1) is 12.4. The van der Waals surface area contributed by atoms with Crippen LogP contribution in [0.5, 0.6) is 5.75 Å². The molecule has 1 heterocycles.